The van der Waals surface area contributed by atoms with Crippen LogP contribution in [-0.4, -0.2) is 24.6 Å². The largest absolute Gasteiger partial charge is 0.374 e. The van der Waals surface area contributed by atoms with Crippen molar-refractivity contribution in [3.63, 3.8) is 0 Å². The van der Waals surface area contributed by atoms with Crippen molar-refractivity contribution in [3.05, 3.63) is 58.3 Å². The fourth-order valence-electron chi connectivity index (χ4n) is 3.32. The minimum Gasteiger partial charge on any atom is -0.374 e. The highest BCUT2D eigenvalue weighted by Gasteiger charge is 2.33. The maximum absolute atomic E-state index is 6.58. The third kappa shape index (κ3) is 5.35. The molecular weight excluding hydrogens is 362 g/mol. The lowest BCUT2D eigenvalue weighted by Crippen LogP contribution is -2.37. The molecule has 1 aliphatic heterocycles. The van der Waals surface area contributed by atoms with E-state index in [0.717, 1.165) is 19.4 Å². The number of unbranched alkanes of at least 4 members (excludes halogenated alkanes) is 2. The monoisotopic (exact) mass is 389 g/mol. The number of allylic oxidation sites excluding steroid dienone is 1. The van der Waals surface area contributed by atoms with Crippen molar-refractivity contribution in [1.82, 2.24) is 0 Å². The van der Waals surface area contributed by atoms with E-state index >= 15 is 0 Å². The first kappa shape index (κ1) is 19.5. The van der Waals surface area contributed by atoms with E-state index in [9.17, 15) is 0 Å². The highest BCUT2D eigenvalue weighted by Crippen LogP contribution is 2.30. The number of benzene rings is 1. The molecule has 0 bridgehead atoms. The van der Waals surface area contributed by atoms with E-state index in [1.54, 1.807) is 11.3 Å². The van der Waals surface area contributed by atoms with E-state index < -0.39 is 0 Å². The van der Waals surface area contributed by atoms with Crippen LogP contribution in [0, 0.1) is 0 Å². The zero-order valence-electron chi connectivity index (χ0n) is 15.4. The minimum atomic E-state index is 0.145. The van der Waals surface area contributed by atoms with Crippen LogP contribution in [0.1, 0.15) is 43.0 Å². The predicted octanol–water partition coefficient (Wildman–Crippen LogP) is 6.35. The lowest BCUT2D eigenvalue weighted by molar-refractivity contribution is 0.111. The van der Waals surface area contributed by atoms with E-state index in [0.29, 0.717) is 13.2 Å². The SMILES string of the molecule is CCCC/C=C/c1ccc(N2CC[C@@H](Cl)[C@@H]2COCc2cccs2)cc1. The lowest BCUT2D eigenvalue weighted by atomic mass is 10.1. The van der Waals surface area contributed by atoms with Crippen LogP contribution in [0.15, 0.2) is 47.9 Å². The first-order valence-electron chi connectivity index (χ1n) is 9.55. The minimum absolute atomic E-state index is 0.145. The van der Waals surface area contributed by atoms with Gasteiger partial charge in [0.2, 0.25) is 0 Å². The van der Waals surface area contributed by atoms with E-state index in [1.165, 1.54) is 29.0 Å². The summed E-state index contributed by atoms with van der Waals surface area (Å²) < 4.78 is 5.96. The average Bonchev–Trinajstić information content (AvgIpc) is 3.30. The summed E-state index contributed by atoms with van der Waals surface area (Å²) in [6.45, 7) is 4.56. The number of alkyl halides is 1. The highest BCUT2D eigenvalue weighted by molar-refractivity contribution is 7.09. The molecule has 1 aliphatic rings. The van der Waals surface area contributed by atoms with Crippen LogP contribution in [0.4, 0.5) is 5.69 Å². The Morgan fingerprint density at radius 3 is 2.85 bits per heavy atom. The van der Waals surface area contributed by atoms with E-state index in [-0.39, 0.29) is 11.4 Å². The van der Waals surface area contributed by atoms with Gasteiger partial charge in [0.15, 0.2) is 0 Å². The van der Waals surface area contributed by atoms with Gasteiger partial charge in [-0.1, -0.05) is 50.1 Å². The molecule has 0 amide bonds. The first-order valence-corrected chi connectivity index (χ1v) is 10.9. The zero-order chi connectivity index (χ0) is 18.2. The summed E-state index contributed by atoms with van der Waals surface area (Å²) >= 11 is 8.32. The van der Waals surface area contributed by atoms with Crippen molar-refractivity contribution in [2.45, 2.75) is 50.6 Å². The Balaban J connectivity index is 1.56. The summed E-state index contributed by atoms with van der Waals surface area (Å²) in [7, 11) is 0. The summed E-state index contributed by atoms with van der Waals surface area (Å²) in [4.78, 5) is 3.66. The molecule has 0 aliphatic carbocycles. The molecule has 2 aromatic rings. The molecule has 26 heavy (non-hydrogen) atoms. The van der Waals surface area contributed by atoms with Crippen LogP contribution in [-0.2, 0) is 11.3 Å². The normalized spacial score (nSPS) is 20.3. The number of thiophene rings is 1. The van der Waals surface area contributed by atoms with Gasteiger partial charge in [0.25, 0.3) is 0 Å². The third-order valence-electron chi connectivity index (χ3n) is 4.84. The molecule has 0 unspecified atom stereocenters. The highest BCUT2D eigenvalue weighted by atomic mass is 35.5. The second kappa shape index (κ2) is 10.1. The van der Waals surface area contributed by atoms with Crippen LogP contribution in [0.2, 0.25) is 0 Å². The smallest absolute Gasteiger partial charge is 0.0810 e. The van der Waals surface area contributed by atoms with Gasteiger partial charge in [-0.05, 0) is 42.0 Å². The van der Waals surface area contributed by atoms with Crippen LogP contribution < -0.4 is 4.90 Å². The Hall–Kier alpha value is -1.29. The zero-order valence-corrected chi connectivity index (χ0v) is 17.0. The van der Waals surface area contributed by atoms with Gasteiger partial charge in [-0.15, -0.1) is 22.9 Å². The molecule has 140 valence electrons. The molecule has 0 N–H and O–H groups in total. The maximum atomic E-state index is 6.58. The number of halogens is 1. The molecule has 1 saturated heterocycles. The molecule has 2 nitrogen and oxygen atoms in total. The summed E-state index contributed by atoms with van der Waals surface area (Å²) in [6.07, 6.45) is 9.15. The van der Waals surface area contributed by atoms with Gasteiger partial charge in [-0.2, -0.15) is 0 Å². The van der Waals surface area contributed by atoms with Gasteiger partial charge in [0.05, 0.1) is 24.6 Å². The van der Waals surface area contributed by atoms with Crippen molar-refractivity contribution in [2.75, 3.05) is 18.1 Å². The molecule has 3 rings (SSSR count). The van der Waals surface area contributed by atoms with Gasteiger partial charge in [-0.25, -0.2) is 0 Å². The molecular formula is C22H28ClNOS. The Bertz CT molecular complexity index is 668. The van der Waals surface area contributed by atoms with E-state index in [4.69, 9.17) is 16.3 Å². The second-order valence-corrected chi connectivity index (χ2v) is 8.39. The molecule has 0 saturated carbocycles. The van der Waals surface area contributed by atoms with E-state index in [1.807, 2.05) is 0 Å². The number of hydrogen-bond donors (Lipinski definition) is 0. The van der Waals surface area contributed by atoms with Crippen LogP contribution in [0.3, 0.4) is 0 Å². The first-order chi connectivity index (χ1) is 12.8. The van der Waals surface area contributed by atoms with Gasteiger partial charge < -0.3 is 9.64 Å². The average molecular weight is 390 g/mol. The third-order valence-corrected chi connectivity index (χ3v) is 6.20. The quantitative estimate of drug-likeness (QED) is 0.365. The number of rotatable bonds is 9. The molecule has 1 fully saturated rings. The molecule has 2 heterocycles. The van der Waals surface area contributed by atoms with Gasteiger partial charge in [0, 0.05) is 17.1 Å². The van der Waals surface area contributed by atoms with Crippen molar-refractivity contribution in [1.29, 1.82) is 0 Å². The molecule has 2 atom stereocenters. The Labute approximate surface area is 166 Å². The molecule has 1 aromatic carbocycles. The fourth-order valence-corrected chi connectivity index (χ4v) is 4.27. The maximum Gasteiger partial charge on any atom is 0.0810 e. The van der Waals surface area contributed by atoms with Crippen molar-refractivity contribution >= 4 is 34.7 Å². The lowest BCUT2D eigenvalue weighted by Gasteiger charge is -2.28. The Morgan fingerprint density at radius 2 is 2.12 bits per heavy atom. The molecule has 1 aromatic heterocycles. The number of ether oxygens (including phenoxy) is 1. The van der Waals surface area contributed by atoms with Crippen LogP contribution in [0.25, 0.3) is 6.08 Å². The van der Waals surface area contributed by atoms with Crippen molar-refractivity contribution in [2.24, 2.45) is 0 Å². The van der Waals surface area contributed by atoms with Gasteiger partial charge in [-0.3, -0.25) is 0 Å². The Kier molecular flexibility index (Phi) is 7.60. The standard InChI is InChI=1S/C22H28ClNOS/c1-2-3-4-5-7-18-9-11-19(12-10-18)24-14-13-21(23)22(24)17-25-16-20-8-6-15-26-20/h5-12,15,21-22H,2-4,13-14,16-17H2,1H3/b7-5+/t21-,22+/m1/s1. The second-order valence-electron chi connectivity index (χ2n) is 6.80. The van der Waals surface area contributed by atoms with Crippen LogP contribution >= 0.6 is 22.9 Å². The molecule has 0 radical (unpaired) electrons. The summed E-state index contributed by atoms with van der Waals surface area (Å²) in [5.74, 6) is 0. The van der Waals surface area contributed by atoms with E-state index in [2.05, 4.69) is 65.8 Å². The van der Waals surface area contributed by atoms with Crippen molar-refractivity contribution < 1.29 is 4.74 Å². The number of hydrogen-bond acceptors (Lipinski definition) is 3. The number of nitrogens with zero attached hydrogens (tertiary/aromatic N) is 1. The molecule has 0 spiro atoms. The van der Waals surface area contributed by atoms with Gasteiger partial charge in [0.1, 0.15) is 0 Å². The van der Waals surface area contributed by atoms with Gasteiger partial charge >= 0.3 is 0 Å². The summed E-state index contributed by atoms with van der Waals surface area (Å²) in [6, 6.07) is 13.2. The summed E-state index contributed by atoms with van der Waals surface area (Å²) in [5, 5.41) is 2.23. The van der Waals surface area contributed by atoms with Crippen LogP contribution in [0.5, 0.6) is 0 Å². The molecule has 4 heteroatoms. The topological polar surface area (TPSA) is 12.5 Å². The predicted molar refractivity (Wildman–Crippen MR) is 114 cm³/mol. The Morgan fingerprint density at radius 1 is 1.27 bits per heavy atom. The fraction of sp³-hybridized carbons (Fsp3) is 0.455. The number of anilines is 1. The van der Waals surface area contributed by atoms with Crippen molar-refractivity contribution in [3.8, 4) is 0 Å². The summed E-state index contributed by atoms with van der Waals surface area (Å²) in [5.41, 5.74) is 2.50.